The van der Waals surface area contributed by atoms with Gasteiger partial charge in [0.15, 0.2) is 0 Å². The van der Waals surface area contributed by atoms with Crippen molar-refractivity contribution in [1.82, 2.24) is 31.3 Å². The van der Waals surface area contributed by atoms with Crippen LogP contribution in [0.1, 0.15) is 17.5 Å². The van der Waals surface area contributed by atoms with E-state index in [4.69, 9.17) is 0 Å². The fraction of sp³-hybridized carbons (Fsp3) is 0.409. The Bertz CT molecular complexity index is 832. The third-order valence-corrected chi connectivity index (χ3v) is 6.07. The maximum absolute atomic E-state index is 12.7. The number of hydrogen-bond donors (Lipinski definition) is 4. The van der Waals surface area contributed by atoms with Gasteiger partial charge in [-0.15, -0.1) is 0 Å². The van der Waals surface area contributed by atoms with E-state index in [2.05, 4.69) is 62.8 Å². The van der Waals surface area contributed by atoms with Crippen molar-refractivity contribution in [3.8, 4) is 0 Å². The number of rotatable bonds is 5. The van der Waals surface area contributed by atoms with Crippen LogP contribution in [0, 0.1) is 5.92 Å². The summed E-state index contributed by atoms with van der Waals surface area (Å²) in [7, 11) is 0. The van der Waals surface area contributed by atoms with Crippen LogP contribution in [0.15, 0.2) is 60.7 Å². The average molecular weight is 393 g/mol. The van der Waals surface area contributed by atoms with Crippen LogP contribution in [0.25, 0.3) is 0 Å². The number of hydrazine groups is 1. The molecule has 4 unspecified atom stereocenters. The molecule has 0 saturated carbocycles. The zero-order chi connectivity index (χ0) is 19.6. The number of amides is 1. The Morgan fingerprint density at radius 2 is 1.66 bits per heavy atom. The molecule has 0 radical (unpaired) electrons. The van der Waals surface area contributed by atoms with Crippen LogP contribution in [0.3, 0.4) is 0 Å². The van der Waals surface area contributed by atoms with Crippen LogP contribution in [-0.2, 0) is 17.9 Å². The minimum Gasteiger partial charge on any atom is -0.338 e. The second kappa shape index (κ2) is 8.22. The van der Waals surface area contributed by atoms with Gasteiger partial charge >= 0.3 is 0 Å². The summed E-state index contributed by atoms with van der Waals surface area (Å²) in [5, 5.41) is 12.9. The Labute approximate surface area is 171 Å². The zero-order valence-electron chi connectivity index (χ0n) is 16.4. The third-order valence-electron chi connectivity index (χ3n) is 6.07. The number of benzene rings is 2. The van der Waals surface area contributed by atoms with Gasteiger partial charge in [0.05, 0.1) is 0 Å². The summed E-state index contributed by atoms with van der Waals surface area (Å²) in [5.74, 6) is 0.649. The minimum atomic E-state index is 0.00369. The molecule has 7 nitrogen and oxygen atoms in total. The first-order chi connectivity index (χ1) is 14.2. The summed E-state index contributed by atoms with van der Waals surface area (Å²) in [6, 6.07) is 20.8. The fourth-order valence-electron chi connectivity index (χ4n) is 4.53. The van der Waals surface area contributed by atoms with Crippen molar-refractivity contribution in [2.24, 2.45) is 5.92 Å². The first-order valence-corrected chi connectivity index (χ1v) is 10.4. The molecule has 0 aliphatic carbocycles. The summed E-state index contributed by atoms with van der Waals surface area (Å²) in [6.45, 7) is 3.19. The van der Waals surface area contributed by atoms with Crippen molar-refractivity contribution in [2.45, 2.75) is 38.1 Å². The van der Waals surface area contributed by atoms with Gasteiger partial charge in [0, 0.05) is 44.6 Å². The van der Waals surface area contributed by atoms with E-state index in [0.29, 0.717) is 18.9 Å². The number of piperidine rings is 1. The smallest absolute Gasteiger partial charge is 0.224 e. The summed E-state index contributed by atoms with van der Waals surface area (Å²) < 4.78 is 0. The normalized spacial score (nSPS) is 29.5. The molecule has 0 aromatic heterocycles. The molecule has 7 heteroatoms. The molecule has 152 valence electrons. The third kappa shape index (κ3) is 4.19. The first-order valence-electron chi connectivity index (χ1n) is 10.4. The predicted octanol–water partition coefficient (Wildman–Crippen LogP) is 0.774. The molecule has 2 aromatic carbocycles. The van der Waals surface area contributed by atoms with Crippen molar-refractivity contribution >= 4 is 5.91 Å². The van der Waals surface area contributed by atoms with Gasteiger partial charge in [-0.05, 0) is 11.1 Å². The number of nitrogens with one attached hydrogen (secondary N) is 4. The second-order valence-corrected chi connectivity index (χ2v) is 8.15. The number of fused-ring (bicyclic) bond motifs is 2. The quantitative estimate of drug-likeness (QED) is 0.603. The van der Waals surface area contributed by atoms with Crippen molar-refractivity contribution in [1.29, 1.82) is 0 Å². The van der Waals surface area contributed by atoms with Crippen LogP contribution >= 0.6 is 0 Å². The lowest BCUT2D eigenvalue weighted by Gasteiger charge is -2.46. The standard InChI is InChI=1S/C22H28N6O/c29-20-11-19-18(14-27(20)13-17-9-5-2-6-10-17)15-28-22(24-19)25-21(26-28)23-12-16-7-3-1-4-8-16/h1-10,18-19,21-26H,11-15H2. The molecule has 4 atom stereocenters. The topological polar surface area (TPSA) is 71.7 Å². The monoisotopic (exact) mass is 392 g/mol. The van der Waals surface area contributed by atoms with E-state index in [0.717, 1.165) is 19.6 Å². The summed E-state index contributed by atoms with van der Waals surface area (Å²) in [6.07, 6.45) is 0.605. The lowest BCUT2D eigenvalue weighted by Crippen LogP contribution is -2.66. The highest BCUT2D eigenvalue weighted by Crippen LogP contribution is 2.26. The van der Waals surface area contributed by atoms with E-state index in [9.17, 15) is 4.79 Å². The Hall–Kier alpha value is -2.29. The Balaban J connectivity index is 1.18. The van der Waals surface area contributed by atoms with Gasteiger partial charge in [0.1, 0.15) is 12.6 Å². The summed E-state index contributed by atoms with van der Waals surface area (Å²) >= 11 is 0. The number of nitrogens with zero attached hydrogens (tertiary/aromatic N) is 2. The van der Waals surface area contributed by atoms with Crippen LogP contribution in [-0.4, -0.2) is 47.5 Å². The number of carbonyl (C=O) groups excluding carboxylic acids is 1. The molecule has 3 heterocycles. The molecule has 3 saturated heterocycles. The Morgan fingerprint density at radius 1 is 0.931 bits per heavy atom. The molecular weight excluding hydrogens is 364 g/mol. The zero-order valence-corrected chi connectivity index (χ0v) is 16.4. The second-order valence-electron chi connectivity index (χ2n) is 8.15. The van der Waals surface area contributed by atoms with E-state index in [1.165, 1.54) is 11.1 Å². The summed E-state index contributed by atoms with van der Waals surface area (Å²) in [4.78, 5) is 14.7. The molecule has 29 heavy (non-hydrogen) atoms. The Kier molecular flexibility index (Phi) is 5.30. The highest BCUT2D eigenvalue weighted by molar-refractivity contribution is 5.78. The van der Waals surface area contributed by atoms with E-state index in [1.807, 2.05) is 29.2 Å². The Morgan fingerprint density at radius 3 is 2.41 bits per heavy atom. The molecule has 5 rings (SSSR count). The van der Waals surface area contributed by atoms with Gasteiger partial charge < -0.3 is 4.90 Å². The number of likely N-dealkylation sites (tertiary alicyclic amines) is 1. The molecule has 3 fully saturated rings. The van der Waals surface area contributed by atoms with Crippen LogP contribution in [0.4, 0.5) is 0 Å². The highest BCUT2D eigenvalue weighted by Gasteiger charge is 2.44. The van der Waals surface area contributed by atoms with Crippen LogP contribution in [0.5, 0.6) is 0 Å². The lowest BCUT2D eigenvalue weighted by atomic mass is 9.89. The molecular formula is C22H28N6O. The predicted molar refractivity (Wildman–Crippen MR) is 111 cm³/mol. The van der Waals surface area contributed by atoms with Gasteiger partial charge in [0.2, 0.25) is 5.91 Å². The van der Waals surface area contributed by atoms with Crippen molar-refractivity contribution in [3.63, 3.8) is 0 Å². The average Bonchev–Trinajstić information content (AvgIpc) is 3.14. The van der Waals surface area contributed by atoms with Gasteiger partial charge in [-0.25, -0.2) is 10.4 Å². The molecule has 0 spiro atoms. The van der Waals surface area contributed by atoms with Crippen LogP contribution < -0.4 is 21.4 Å². The van der Waals surface area contributed by atoms with Crippen molar-refractivity contribution in [2.75, 3.05) is 13.1 Å². The van der Waals surface area contributed by atoms with Crippen LogP contribution in [0.2, 0.25) is 0 Å². The summed E-state index contributed by atoms with van der Waals surface area (Å²) in [5.41, 5.74) is 5.96. The molecule has 0 bridgehead atoms. The molecule has 3 aliphatic heterocycles. The van der Waals surface area contributed by atoms with E-state index in [1.54, 1.807) is 0 Å². The molecule has 4 N–H and O–H groups in total. The minimum absolute atomic E-state index is 0.00369. The van der Waals surface area contributed by atoms with Gasteiger partial charge in [0.25, 0.3) is 0 Å². The maximum Gasteiger partial charge on any atom is 0.224 e. The maximum atomic E-state index is 12.7. The van der Waals surface area contributed by atoms with E-state index >= 15 is 0 Å². The van der Waals surface area contributed by atoms with Gasteiger partial charge in [-0.3, -0.25) is 20.7 Å². The van der Waals surface area contributed by atoms with Crippen molar-refractivity contribution in [3.05, 3.63) is 71.8 Å². The molecule has 1 amide bonds. The van der Waals surface area contributed by atoms with E-state index < -0.39 is 0 Å². The highest BCUT2D eigenvalue weighted by atomic mass is 16.2. The van der Waals surface area contributed by atoms with Gasteiger partial charge in [-0.2, -0.15) is 0 Å². The molecule has 2 aromatic rings. The number of hydrogen-bond acceptors (Lipinski definition) is 6. The lowest BCUT2D eigenvalue weighted by molar-refractivity contribution is -0.139. The number of carbonyl (C=O) groups is 1. The largest absolute Gasteiger partial charge is 0.338 e. The molecule has 3 aliphatic rings. The first kappa shape index (κ1) is 18.7. The van der Waals surface area contributed by atoms with Gasteiger partial charge in [-0.1, -0.05) is 60.7 Å². The fourth-order valence-corrected chi connectivity index (χ4v) is 4.53. The van der Waals surface area contributed by atoms with E-state index in [-0.39, 0.29) is 24.5 Å². The van der Waals surface area contributed by atoms with Crippen molar-refractivity contribution < 1.29 is 4.79 Å². The SMILES string of the molecule is O=C1CC2NC3NC(NCc4ccccc4)NN3CC2CN1Cc1ccccc1.